The molecule has 172 valence electrons. The fourth-order valence-electron chi connectivity index (χ4n) is 5.90. The van der Waals surface area contributed by atoms with Crippen LogP contribution < -0.4 is 4.90 Å². The van der Waals surface area contributed by atoms with E-state index >= 15 is 0 Å². The maximum atomic E-state index is 13.0. The van der Waals surface area contributed by atoms with Gasteiger partial charge < -0.3 is 0 Å². The fraction of sp³-hybridized carbons (Fsp3) is 0.680. The van der Waals surface area contributed by atoms with Crippen molar-refractivity contribution in [3.05, 3.63) is 34.5 Å². The van der Waals surface area contributed by atoms with Crippen molar-refractivity contribution in [2.75, 3.05) is 18.0 Å². The van der Waals surface area contributed by atoms with Crippen LogP contribution in [0.4, 0.5) is 5.82 Å². The predicted molar refractivity (Wildman–Crippen MR) is 124 cm³/mol. The zero-order valence-corrected chi connectivity index (χ0v) is 19.8. The second-order valence-electron chi connectivity index (χ2n) is 10.0. The molecule has 1 amide bonds. The second-order valence-corrected chi connectivity index (χ2v) is 10.0. The molecular formula is C25H36N6O. The van der Waals surface area contributed by atoms with Crippen molar-refractivity contribution in [3.8, 4) is 0 Å². The van der Waals surface area contributed by atoms with Gasteiger partial charge in [0, 0.05) is 49.6 Å². The topological polar surface area (TPSA) is 67.2 Å². The zero-order chi connectivity index (χ0) is 22.2. The second kappa shape index (κ2) is 8.93. The number of carbonyl (C=O) groups excluding carboxylic acids is 1. The molecule has 1 saturated heterocycles. The van der Waals surface area contributed by atoms with Gasteiger partial charge in [-0.15, -0.1) is 0 Å². The number of nitrogens with zero attached hydrogens (tertiary/aromatic N) is 6. The summed E-state index contributed by atoms with van der Waals surface area (Å²) < 4.78 is 1.89. The number of anilines is 1. The summed E-state index contributed by atoms with van der Waals surface area (Å²) in [6.07, 6.45) is 12.1. The largest absolute Gasteiger partial charge is 0.296 e. The van der Waals surface area contributed by atoms with Crippen LogP contribution in [-0.4, -0.2) is 43.6 Å². The molecule has 1 saturated carbocycles. The summed E-state index contributed by atoms with van der Waals surface area (Å²) in [4.78, 5) is 27.6. The fourth-order valence-corrected chi connectivity index (χ4v) is 5.90. The van der Waals surface area contributed by atoms with Gasteiger partial charge in [-0.05, 0) is 58.4 Å². The van der Waals surface area contributed by atoms with Crippen LogP contribution in [0, 0.1) is 19.8 Å². The van der Waals surface area contributed by atoms with Crippen LogP contribution in [0.25, 0.3) is 0 Å². The number of likely N-dealkylation sites (tertiary alicyclic amines) is 1. The lowest BCUT2D eigenvalue weighted by Crippen LogP contribution is -2.40. The van der Waals surface area contributed by atoms with Crippen LogP contribution in [0.1, 0.15) is 85.7 Å². The van der Waals surface area contributed by atoms with Gasteiger partial charge in [-0.2, -0.15) is 5.10 Å². The Kier molecular flexibility index (Phi) is 6.01. The van der Waals surface area contributed by atoms with E-state index in [1.807, 2.05) is 16.6 Å². The Labute approximate surface area is 191 Å². The Balaban J connectivity index is 1.43. The minimum Gasteiger partial charge on any atom is -0.296 e. The van der Waals surface area contributed by atoms with Crippen LogP contribution >= 0.6 is 0 Å². The van der Waals surface area contributed by atoms with Crippen LogP contribution in [0.2, 0.25) is 0 Å². The minimum absolute atomic E-state index is 0.201. The number of aryl methyl sites for hydroxylation is 3. The first-order valence-electron chi connectivity index (χ1n) is 12.4. The molecule has 0 N–H and O–H groups in total. The monoisotopic (exact) mass is 436 g/mol. The van der Waals surface area contributed by atoms with Crippen LogP contribution in [0.15, 0.2) is 6.20 Å². The van der Waals surface area contributed by atoms with Gasteiger partial charge in [0.05, 0.1) is 11.7 Å². The van der Waals surface area contributed by atoms with Gasteiger partial charge in [-0.3, -0.25) is 19.3 Å². The highest BCUT2D eigenvalue weighted by Crippen LogP contribution is 2.36. The average molecular weight is 437 g/mol. The Hall–Kier alpha value is -2.28. The number of hydrogen-bond acceptors (Lipinski definition) is 5. The van der Waals surface area contributed by atoms with Gasteiger partial charge in [-0.25, -0.2) is 9.97 Å². The Bertz CT molecular complexity index is 993. The van der Waals surface area contributed by atoms with Crippen molar-refractivity contribution in [1.82, 2.24) is 24.6 Å². The Morgan fingerprint density at radius 3 is 2.56 bits per heavy atom. The third-order valence-electron chi connectivity index (χ3n) is 7.67. The first-order valence-corrected chi connectivity index (χ1v) is 12.4. The van der Waals surface area contributed by atoms with Crippen molar-refractivity contribution in [1.29, 1.82) is 0 Å². The van der Waals surface area contributed by atoms with Crippen LogP contribution in [0.3, 0.4) is 0 Å². The molecule has 7 heteroatoms. The first kappa shape index (κ1) is 21.6. The van der Waals surface area contributed by atoms with Crippen LogP contribution in [-0.2, 0) is 24.8 Å². The van der Waals surface area contributed by atoms with E-state index in [-0.39, 0.29) is 11.9 Å². The highest BCUT2D eigenvalue weighted by molar-refractivity contribution is 5.95. The molecule has 0 radical (unpaired) electrons. The van der Waals surface area contributed by atoms with E-state index in [1.165, 1.54) is 43.2 Å². The predicted octanol–water partition coefficient (Wildman–Crippen LogP) is 4.02. The molecule has 1 aliphatic carbocycles. The molecule has 0 aromatic carbocycles. The van der Waals surface area contributed by atoms with Gasteiger partial charge in [0.15, 0.2) is 0 Å². The smallest absolute Gasteiger partial charge is 0.228 e. The van der Waals surface area contributed by atoms with Gasteiger partial charge in [0.25, 0.3) is 0 Å². The molecule has 2 aromatic heterocycles. The molecule has 0 bridgehead atoms. The summed E-state index contributed by atoms with van der Waals surface area (Å²) in [6.45, 7) is 6.92. The SMILES string of the molecule is Cc1nn(C)cc1CN1CCC[C@@H]1c1nc(C)c2c(n1)N(CC1CCCCC1)C(=O)CC2. The number of hydrogen-bond donors (Lipinski definition) is 0. The number of amides is 1. The molecule has 1 atom stereocenters. The van der Waals surface area contributed by atoms with Crippen molar-refractivity contribution >= 4 is 11.7 Å². The number of rotatable bonds is 5. The molecule has 7 nitrogen and oxygen atoms in total. The van der Waals surface area contributed by atoms with Gasteiger partial charge in [0.2, 0.25) is 5.91 Å². The normalized spacial score (nSPS) is 22.5. The molecule has 0 spiro atoms. The maximum absolute atomic E-state index is 13.0. The van der Waals surface area contributed by atoms with E-state index < -0.39 is 0 Å². The summed E-state index contributed by atoms with van der Waals surface area (Å²) in [5, 5.41) is 4.51. The van der Waals surface area contributed by atoms with E-state index in [9.17, 15) is 4.79 Å². The van der Waals surface area contributed by atoms with E-state index in [0.717, 1.165) is 61.9 Å². The van der Waals surface area contributed by atoms with Gasteiger partial charge >= 0.3 is 0 Å². The maximum Gasteiger partial charge on any atom is 0.228 e. The molecular weight excluding hydrogens is 400 g/mol. The summed E-state index contributed by atoms with van der Waals surface area (Å²) >= 11 is 0. The van der Waals surface area contributed by atoms with Gasteiger partial charge in [0.1, 0.15) is 11.6 Å². The summed E-state index contributed by atoms with van der Waals surface area (Å²) in [5.41, 5.74) is 4.58. The molecule has 0 unspecified atom stereocenters. The van der Waals surface area contributed by atoms with Crippen molar-refractivity contribution in [3.63, 3.8) is 0 Å². The number of aromatic nitrogens is 4. The molecule has 4 heterocycles. The third kappa shape index (κ3) is 4.19. The quantitative estimate of drug-likeness (QED) is 0.708. The first-order chi connectivity index (χ1) is 15.5. The Morgan fingerprint density at radius 1 is 1.00 bits per heavy atom. The molecule has 2 aromatic rings. The standard InChI is InChI=1S/C25H36N6O/c1-17-20(15-29(3)28-17)16-30-13-7-10-22(30)24-26-18(2)21-11-12-23(32)31(25(21)27-24)14-19-8-5-4-6-9-19/h15,19,22H,4-14,16H2,1-3H3/t22-/m1/s1. The molecule has 32 heavy (non-hydrogen) atoms. The van der Waals surface area contributed by atoms with Crippen LogP contribution in [0.5, 0.6) is 0 Å². The lowest BCUT2D eigenvalue weighted by atomic mass is 9.88. The average Bonchev–Trinajstić information content (AvgIpc) is 3.36. The lowest BCUT2D eigenvalue weighted by Gasteiger charge is -2.34. The van der Waals surface area contributed by atoms with E-state index in [0.29, 0.717) is 12.3 Å². The van der Waals surface area contributed by atoms with Crippen molar-refractivity contribution in [2.24, 2.45) is 13.0 Å². The van der Waals surface area contributed by atoms with E-state index in [2.05, 4.69) is 30.0 Å². The minimum atomic E-state index is 0.201. The number of fused-ring (bicyclic) bond motifs is 1. The number of carbonyl (C=O) groups is 1. The summed E-state index contributed by atoms with van der Waals surface area (Å²) in [5.74, 6) is 2.64. The molecule has 3 aliphatic rings. The molecule has 2 fully saturated rings. The van der Waals surface area contributed by atoms with Crippen molar-refractivity contribution in [2.45, 2.75) is 84.2 Å². The van der Waals surface area contributed by atoms with Crippen molar-refractivity contribution < 1.29 is 4.79 Å². The highest BCUT2D eigenvalue weighted by atomic mass is 16.2. The van der Waals surface area contributed by atoms with Gasteiger partial charge in [-0.1, -0.05) is 19.3 Å². The third-order valence-corrected chi connectivity index (χ3v) is 7.67. The molecule has 2 aliphatic heterocycles. The molecule has 5 rings (SSSR count). The zero-order valence-electron chi connectivity index (χ0n) is 19.8. The Morgan fingerprint density at radius 2 is 1.81 bits per heavy atom. The summed E-state index contributed by atoms with van der Waals surface area (Å²) in [7, 11) is 1.98. The van der Waals surface area contributed by atoms with E-state index in [4.69, 9.17) is 9.97 Å². The lowest BCUT2D eigenvalue weighted by molar-refractivity contribution is -0.119. The summed E-state index contributed by atoms with van der Waals surface area (Å²) in [6, 6.07) is 0.201. The van der Waals surface area contributed by atoms with E-state index in [1.54, 1.807) is 0 Å². The highest BCUT2D eigenvalue weighted by Gasteiger charge is 2.34.